The van der Waals surface area contributed by atoms with E-state index in [1.54, 1.807) is 6.92 Å². The molecule has 1 unspecified atom stereocenters. The van der Waals surface area contributed by atoms with Crippen LogP contribution >= 0.6 is 0 Å². The van der Waals surface area contributed by atoms with Crippen molar-refractivity contribution in [2.45, 2.75) is 19.6 Å². The smallest absolute Gasteiger partial charge is 0.0761 e. The van der Waals surface area contributed by atoms with E-state index < -0.39 is 6.10 Å². The van der Waals surface area contributed by atoms with Crippen LogP contribution < -0.4 is 0 Å². The van der Waals surface area contributed by atoms with Crippen LogP contribution in [-0.4, -0.2) is 36.3 Å². The third-order valence-electron chi connectivity index (χ3n) is 4.16. The SMILES string of the molecule is CC(O)c1ccc(-c2cccc(CN3CCOCC3)c2)cc1. The van der Waals surface area contributed by atoms with Crippen molar-refractivity contribution in [1.82, 2.24) is 4.90 Å². The molecule has 1 saturated heterocycles. The van der Waals surface area contributed by atoms with Gasteiger partial charge in [-0.2, -0.15) is 0 Å². The van der Waals surface area contributed by atoms with Crippen LogP contribution in [0.15, 0.2) is 48.5 Å². The number of aliphatic hydroxyl groups is 1. The number of hydrogen-bond acceptors (Lipinski definition) is 3. The molecular formula is C19H23NO2. The summed E-state index contributed by atoms with van der Waals surface area (Å²) in [5, 5.41) is 9.60. The van der Waals surface area contributed by atoms with Gasteiger partial charge in [-0.15, -0.1) is 0 Å². The van der Waals surface area contributed by atoms with Gasteiger partial charge in [0.25, 0.3) is 0 Å². The molecule has 22 heavy (non-hydrogen) atoms. The first kappa shape index (κ1) is 15.2. The average molecular weight is 297 g/mol. The number of ether oxygens (including phenoxy) is 1. The molecule has 1 heterocycles. The van der Waals surface area contributed by atoms with E-state index in [4.69, 9.17) is 4.74 Å². The first-order valence-corrected chi connectivity index (χ1v) is 7.90. The fourth-order valence-electron chi connectivity index (χ4n) is 2.82. The summed E-state index contributed by atoms with van der Waals surface area (Å²) in [6.07, 6.45) is -0.415. The lowest BCUT2D eigenvalue weighted by Crippen LogP contribution is -2.35. The summed E-state index contributed by atoms with van der Waals surface area (Å²) in [4.78, 5) is 2.43. The number of morpholine rings is 1. The first-order chi connectivity index (χ1) is 10.7. The van der Waals surface area contributed by atoms with Crippen LogP contribution in [-0.2, 0) is 11.3 Å². The van der Waals surface area contributed by atoms with E-state index in [0.29, 0.717) is 0 Å². The Morgan fingerprint density at radius 2 is 1.77 bits per heavy atom. The molecule has 116 valence electrons. The third kappa shape index (κ3) is 3.74. The van der Waals surface area contributed by atoms with Crippen LogP contribution in [0.4, 0.5) is 0 Å². The van der Waals surface area contributed by atoms with Crippen molar-refractivity contribution in [2.24, 2.45) is 0 Å². The minimum absolute atomic E-state index is 0.415. The Labute approximate surface area is 132 Å². The summed E-state index contributed by atoms with van der Waals surface area (Å²) in [5.41, 5.74) is 4.70. The summed E-state index contributed by atoms with van der Waals surface area (Å²) < 4.78 is 5.40. The van der Waals surface area contributed by atoms with Crippen molar-refractivity contribution < 1.29 is 9.84 Å². The van der Waals surface area contributed by atoms with Crippen LogP contribution in [0.25, 0.3) is 11.1 Å². The molecule has 2 aromatic carbocycles. The van der Waals surface area contributed by atoms with E-state index in [2.05, 4.69) is 41.3 Å². The second kappa shape index (κ2) is 7.05. The van der Waals surface area contributed by atoms with Gasteiger partial charge in [0, 0.05) is 19.6 Å². The van der Waals surface area contributed by atoms with Gasteiger partial charge >= 0.3 is 0 Å². The van der Waals surface area contributed by atoms with Crippen LogP contribution in [0.1, 0.15) is 24.2 Å². The molecule has 1 fully saturated rings. The fourth-order valence-corrected chi connectivity index (χ4v) is 2.82. The van der Waals surface area contributed by atoms with Crippen molar-refractivity contribution in [3.05, 3.63) is 59.7 Å². The van der Waals surface area contributed by atoms with Gasteiger partial charge in [0.05, 0.1) is 19.3 Å². The molecule has 3 heteroatoms. The van der Waals surface area contributed by atoms with Gasteiger partial charge < -0.3 is 9.84 Å². The highest BCUT2D eigenvalue weighted by molar-refractivity contribution is 5.64. The standard InChI is InChI=1S/C19H23NO2/c1-15(21)17-5-7-18(8-6-17)19-4-2-3-16(13-19)14-20-9-11-22-12-10-20/h2-8,13,15,21H,9-12,14H2,1H3. The van der Waals surface area contributed by atoms with E-state index >= 15 is 0 Å². The van der Waals surface area contributed by atoms with E-state index in [1.807, 2.05) is 12.1 Å². The lowest BCUT2D eigenvalue weighted by molar-refractivity contribution is 0.0342. The second-order valence-corrected chi connectivity index (χ2v) is 5.89. The highest BCUT2D eigenvalue weighted by Crippen LogP contribution is 2.23. The normalized spacial score (nSPS) is 17.4. The summed E-state index contributed by atoms with van der Waals surface area (Å²) in [6.45, 7) is 6.45. The number of rotatable bonds is 4. The molecule has 1 aliphatic rings. The summed E-state index contributed by atoms with van der Waals surface area (Å²) in [7, 11) is 0. The van der Waals surface area contributed by atoms with Crippen LogP contribution in [0.3, 0.4) is 0 Å². The van der Waals surface area contributed by atoms with Crippen LogP contribution in [0, 0.1) is 0 Å². The van der Waals surface area contributed by atoms with Crippen LogP contribution in [0.5, 0.6) is 0 Å². The molecule has 0 amide bonds. The predicted molar refractivity (Wildman–Crippen MR) is 88.6 cm³/mol. The minimum atomic E-state index is -0.415. The number of hydrogen-bond donors (Lipinski definition) is 1. The zero-order chi connectivity index (χ0) is 15.4. The number of benzene rings is 2. The molecule has 1 atom stereocenters. The molecule has 0 aliphatic carbocycles. The summed E-state index contributed by atoms with van der Waals surface area (Å²) >= 11 is 0. The molecule has 0 saturated carbocycles. The zero-order valence-electron chi connectivity index (χ0n) is 13.0. The Bertz CT molecular complexity index is 601. The maximum absolute atomic E-state index is 9.60. The van der Waals surface area contributed by atoms with Gasteiger partial charge in [-0.05, 0) is 35.2 Å². The first-order valence-electron chi connectivity index (χ1n) is 7.90. The molecular weight excluding hydrogens is 274 g/mol. The Morgan fingerprint density at radius 1 is 1.05 bits per heavy atom. The Hall–Kier alpha value is -1.68. The molecule has 2 aromatic rings. The monoisotopic (exact) mass is 297 g/mol. The quantitative estimate of drug-likeness (QED) is 0.940. The lowest BCUT2D eigenvalue weighted by Gasteiger charge is -2.26. The van der Waals surface area contributed by atoms with Gasteiger partial charge in [0.2, 0.25) is 0 Å². The largest absolute Gasteiger partial charge is 0.389 e. The highest BCUT2D eigenvalue weighted by Gasteiger charge is 2.11. The molecule has 3 rings (SSSR count). The second-order valence-electron chi connectivity index (χ2n) is 5.89. The number of nitrogens with zero attached hydrogens (tertiary/aromatic N) is 1. The van der Waals surface area contributed by atoms with Crippen LogP contribution in [0.2, 0.25) is 0 Å². The summed E-state index contributed by atoms with van der Waals surface area (Å²) in [5.74, 6) is 0. The minimum Gasteiger partial charge on any atom is -0.389 e. The van der Waals surface area contributed by atoms with Gasteiger partial charge in [-0.25, -0.2) is 0 Å². The lowest BCUT2D eigenvalue weighted by atomic mass is 10.0. The van der Waals surface area contributed by atoms with Crippen molar-refractivity contribution in [1.29, 1.82) is 0 Å². The van der Waals surface area contributed by atoms with E-state index in [9.17, 15) is 5.11 Å². The van der Waals surface area contributed by atoms with Gasteiger partial charge in [0.15, 0.2) is 0 Å². The van der Waals surface area contributed by atoms with E-state index in [0.717, 1.165) is 38.4 Å². The molecule has 0 aromatic heterocycles. The maximum atomic E-state index is 9.60. The van der Waals surface area contributed by atoms with E-state index in [-0.39, 0.29) is 0 Å². The van der Waals surface area contributed by atoms with Crippen molar-refractivity contribution in [3.63, 3.8) is 0 Å². The average Bonchev–Trinajstić information content (AvgIpc) is 2.56. The summed E-state index contributed by atoms with van der Waals surface area (Å²) in [6, 6.07) is 16.8. The molecule has 0 bridgehead atoms. The van der Waals surface area contributed by atoms with Gasteiger partial charge in [-0.3, -0.25) is 4.90 Å². The molecule has 0 radical (unpaired) electrons. The molecule has 3 nitrogen and oxygen atoms in total. The van der Waals surface area contributed by atoms with Crippen molar-refractivity contribution in [2.75, 3.05) is 26.3 Å². The van der Waals surface area contributed by atoms with Crippen molar-refractivity contribution in [3.8, 4) is 11.1 Å². The van der Waals surface area contributed by atoms with Crippen molar-refractivity contribution >= 4 is 0 Å². The fraction of sp³-hybridized carbons (Fsp3) is 0.368. The van der Waals surface area contributed by atoms with Gasteiger partial charge in [-0.1, -0.05) is 42.5 Å². The maximum Gasteiger partial charge on any atom is 0.0761 e. The molecule has 0 spiro atoms. The zero-order valence-corrected chi connectivity index (χ0v) is 13.0. The Balaban J connectivity index is 1.75. The third-order valence-corrected chi connectivity index (χ3v) is 4.16. The Kier molecular flexibility index (Phi) is 4.88. The van der Waals surface area contributed by atoms with Gasteiger partial charge in [0.1, 0.15) is 0 Å². The van der Waals surface area contributed by atoms with E-state index in [1.165, 1.54) is 16.7 Å². The molecule has 1 N–H and O–H groups in total. The number of aliphatic hydroxyl groups excluding tert-OH is 1. The highest BCUT2D eigenvalue weighted by atomic mass is 16.5. The predicted octanol–water partition coefficient (Wildman–Crippen LogP) is 3.24. The topological polar surface area (TPSA) is 32.7 Å². The molecule has 1 aliphatic heterocycles. The Morgan fingerprint density at radius 3 is 2.45 bits per heavy atom.